The molecule has 0 unspecified atom stereocenters. The predicted molar refractivity (Wildman–Crippen MR) is 160 cm³/mol. The molecule has 0 aliphatic carbocycles. The van der Waals surface area contributed by atoms with E-state index in [1.54, 1.807) is 0 Å². The van der Waals surface area contributed by atoms with E-state index in [0.717, 1.165) is 66.6 Å². The normalized spacial score (nSPS) is 17.3. The Morgan fingerprint density at radius 2 is 1.75 bits per heavy atom. The number of amides is 1. The molecule has 0 saturated carbocycles. The van der Waals surface area contributed by atoms with Crippen molar-refractivity contribution in [1.82, 2.24) is 14.8 Å². The number of halogens is 1. The zero-order valence-corrected chi connectivity index (χ0v) is 23.2. The van der Waals surface area contributed by atoms with Crippen molar-refractivity contribution in [3.63, 3.8) is 0 Å². The van der Waals surface area contributed by atoms with Crippen LogP contribution >= 0.6 is 11.6 Å². The summed E-state index contributed by atoms with van der Waals surface area (Å²) in [6.45, 7) is 4.49. The molecule has 0 bridgehead atoms. The van der Waals surface area contributed by atoms with E-state index in [1.807, 2.05) is 66.7 Å². The summed E-state index contributed by atoms with van der Waals surface area (Å²) in [7, 11) is 0. The van der Waals surface area contributed by atoms with E-state index in [4.69, 9.17) is 16.6 Å². The molecule has 202 valence electrons. The van der Waals surface area contributed by atoms with Crippen molar-refractivity contribution in [3.8, 4) is 17.2 Å². The summed E-state index contributed by atoms with van der Waals surface area (Å²) in [5, 5.41) is 14.1. The van der Waals surface area contributed by atoms with Crippen LogP contribution in [0.25, 0.3) is 22.0 Å². The van der Waals surface area contributed by atoms with E-state index in [1.165, 1.54) is 12.8 Å². The van der Waals surface area contributed by atoms with Crippen LogP contribution in [-0.2, 0) is 6.54 Å². The fraction of sp³-hybridized carbons (Fsp3) is 0.303. The summed E-state index contributed by atoms with van der Waals surface area (Å²) in [6, 6.07) is 25.6. The van der Waals surface area contributed by atoms with Gasteiger partial charge < -0.3 is 15.1 Å². The quantitative estimate of drug-likeness (QED) is 0.276. The molecule has 0 spiro atoms. The minimum atomic E-state index is 0.0619. The number of nitrogens with zero attached hydrogens (tertiary/aromatic N) is 4. The second-order valence-corrected chi connectivity index (χ2v) is 11.1. The van der Waals surface area contributed by atoms with E-state index in [9.17, 15) is 10.1 Å². The highest BCUT2D eigenvalue weighted by Crippen LogP contribution is 2.31. The molecule has 2 aliphatic heterocycles. The van der Waals surface area contributed by atoms with Crippen molar-refractivity contribution >= 4 is 34.2 Å². The van der Waals surface area contributed by atoms with Gasteiger partial charge in [0.05, 0.1) is 22.7 Å². The molecule has 40 heavy (non-hydrogen) atoms. The van der Waals surface area contributed by atoms with E-state index < -0.39 is 0 Å². The lowest BCUT2D eigenvalue weighted by Gasteiger charge is -2.29. The Kier molecular flexibility index (Phi) is 7.68. The molecule has 1 amide bonds. The molecule has 1 N–H and O–H groups in total. The van der Waals surface area contributed by atoms with Crippen LogP contribution < -0.4 is 5.32 Å². The Hall–Kier alpha value is -3.92. The molecule has 7 heteroatoms. The summed E-state index contributed by atoms with van der Waals surface area (Å²) in [4.78, 5) is 23.7. The van der Waals surface area contributed by atoms with Gasteiger partial charge in [0.2, 0.25) is 0 Å². The van der Waals surface area contributed by atoms with Gasteiger partial charge in [-0.1, -0.05) is 48.0 Å². The molecule has 3 aromatic carbocycles. The lowest BCUT2D eigenvalue weighted by molar-refractivity contribution is 0.0710. The molecule has 0 radical (unpaired) electrons. The minimum Gasteiger partial charge on any atom is -0.366 e. The number of fused-ring (bicyclic) bond motifs is 1. The first kappa shape index (κ1) is 26.3. The molecular weight excluding hydrogens is 518 g/mol. The van der Waals surface area contributed by atoms with Gasteiger partial charge in [0.25, 0.3) is 5.91 Å². The third kappa shape index (κ3) is 5.54. The summed E-state index contributed by atoms with van der Waals surface area (Å²) >= 11 is 6.39. The fourth-order valence-corrected chi connectivity index (χ4v) is 6.15. The highest BCUT2D eigenvalue weighted by Gasteiger charge is 2.32. The van der Waals surface area contributed by atoms with Crippen molar-refractivity contribution in [2.45, 2.75) is 38.3 Å². The minimum absolute atomic E-state index is 0.0619. The van der Waals surface area contributed by atoms with E-state index in [0.29, 0.717) is 28.5 Å². The zero-order valence-electron chi connectivity index (χ0n) is 22.4. The first-order valence-electron chi connectivity index (χ1n) is 14.0. The summed E-state index contributed by atoms with van der Waals surface area (Å²) in [5.74, 6) is 0.712. The van der Waals surface area contributed by atoms with Crippen LogP contribution in [0.15, 0.2) is 72.8 Å². The van der Waals surface area contributed by atoms with E-state index in [-0.39, 0.29) is 11.9 Å². The number of aromatic nitrogens is 1. The van der Waals surface area contributed by atoms with Crippen LogP contribution in [0.2, 0.25) is 5.02 Å². The maximum absolute atomic E-state index is 14.3. The molecule has 6 nitrogen and oxygen atoms in total. The maximum atomic E-state index is 14.3. The highest BCUT2D eigenvalue weighted by atomic mass is 35.5. The second kappa shape index (κ2) is 11.7. The van der Waals surface area contributed by atoms with Crippen LogP contribution in [0.3, 0.4) is 0 Å². The number of hydrogen-bond acceptors (Lipinski definition) is 5. The Morgan fingerprint density at radius 1 is 0.975 bits per heavy atom. The van der Waals surface area contributed by atoms with Crippen molar-refractivity contribution in [1.29, 1.82) is 5.26 Å². The van der Waals surface area contributed by atoms with Gasteiger partial charge in [-0.3, -0.25) is 4.79 Å². The van der Waals surface area contributed by atoms with Gasteiger partial charge in [-0.25, -0.2) is 4.98 Å². The highest BCUT2D eigenvalue weighted by molar-refractivity contribution is 6.31. The van der Waals surface area contributed by atoms with Gasteiger partial charge in [-0.15, -0.1) is 0 Å². The number of likely N-dealkylation sites (tertiary alicyclic amines) is 2. The summed E-state index contributed by atoms with van der Waals surface area (Å²) in [6.07, 6.45) is 4.56. The van der Waals surface area contributed by atoms with Gasteiger partial charge in [-0.05, 0) is 91.9 Å². The monoisotopic (exact) mass is 549 g/mol. The van der Waals surface area contributed by atoms with E-state index in [2.05, 4.69) is 27.3 Å². The molecule has 2 aliphatic rings. The Labute approximate surface area is 240 Å². The predicted octanol–water partition coefficient (Wildman–Crippen LogP) is 6.74. The molecule has 1 aromatic heterocycles. The van der Waals surface area contributed by atoms with Crippen LogP contribution in [0, 0.1) is 11.3 Å². The van der Waals surface area contributed by atoms with Crippen molar-refractivity contribution in [3.05, 3.63) is 94.5 Å². The maximum Gasteiger partial charge on any atom is 0.254 e. The third-order valence-corrected chi connectivity index (χ3v) is 8.48. The van der Waals surface area contributed by atoms with Crippen molar-refractivity contribution in [2.75, 3.05) is 31.5 Å². The number of carbonyl (C=O) groups is 1. The van der Waals surface area contributed by atoms with Crippen LogP contribution in [-0.4, -0.2) is 52.9 Å². The fourth-order valence-electron chi connectivity index (χ4n) is 5.95. The number of nitriles is 1. The molecule has 3 heterocycles. The third-order valence-electron chi connectivity index (χ3n) is 8.11. The SMILES string of the molecule is N#Cc1ccc(-c2ccc3nc(NCc4ccccc4Cl)cc(C(=O)N4CCC[C@H]4CN4CCCC4)c3c2)cc1. The topological polar surface area (TPSA) is 72.3 Å². The standard InChI is InChI=1S/C33H32ClN5O/c34-30-8-2-1-6-26(30)21-36-32-19-29(33(40)39-17-5-7-27(39)22-38-15-3-4-16-38)28-18-25(13-14-31(28)37-32)24-11-9-23(20-35)10-12-24/h1-2,6,8-14,18-19,27H,3-5,7,15-17,21-22H2,(H,36,37)/t27-/m0/s1. The molecule has 2 saturated heterocycles. The van der Waals surface area contributed by atoms with Crippen molar-refractivity contribution in [2.24, 2.45) is 0 Å². The second-order valence-electron chi connectivity index (χ2n) is 10.7. The number of pyridine rings is 1. The van der Waals surface area contributed by atoms with Crippen LogP contribution in [0.4, 0.5) is 5.82 Å². The Morgan fingerprint density at radius 3 is 2.52 bits per heavy atom. The first-order valence-corrected chi connectivity index (χ1v) is 14.4. The number of anilines is 1. The number of hydrogen-bond donors (Lipinski definition) is 1. The number of rotatable bonds is 7. The lowest BCUT2D eigenvalue weighted by Crippen LogP contribution is -2.42. The van der Waals surface area contributed by atoms with Gasteiger partial charge in [0.15, 0.2) is 0 Å². The van der Waals surface area contributed by atoms with Gasteiger partial charge >= 0.3 is 0 Å². The first-order chi connectivity index (χ1) is 19.6. The van der Waals surface area contributed by atoms with Gasteiger partial charge in [0.1, 0.15) is 5.82 Å². The number of nitrogens with one attached hydrogen (secondary N) is 1. The summed E-state index contributed by atoms with van der Waals surface area (Å²) in [5.41, 5.74) is 5.00. The summed E-state index contributed by atoms with van der Waals surface area (Å²) < 4.78 is 0. The van der Waals surface area contributed by atoms with Gasteiger partial charge in [0, 0.05) is 36.1 Å². The van der Waals surface area contributed by atoms with Crippen LogP contribution in [0.1, 0.15) is 47.2 Å². The Bertz CT molecular complexity index is 1570. The number of benzene rings is 3. The number of carbonyl (C=O) groups excluding carboxylic acids is 1. The molecule has 1 atom stereocenters. The average molecular weight is 550 g/mol. The zero-order chi connectivity index (χ0) is 27.5. The molecule has 6 rings (SSSR count). The van der Waals surface area contributed by atoms with Gasteiger partial charge in [-0.2, -0.15) is 5.26 Å². The van der Waals surface area contributed by atoms with E-state index >= 15 is 0 Å². The molecule has 4 aromatic rings. The average Bonchev–Trinajstić information content (AvgIpc) is 3.68. The lowest BCUT2D eigenvalue weighted by atomic mass is 9.99. The van der Waals surface area contributed by atoms with Crippen LogP contribution in [0.5, 0.6) is 0 Å². The largest absolute Gasteiger partial charge is 0.366 e. The molecular formula is C33H32ClN5O. The smallest absolute Gasteiger partial charge is 0.254 e. The van der Waals surface area contributed by atoms with Crippen molar-refractivity contribution < 1.29 is 4.79 Å². The molecule has 2 fully saturated rings. The Balaban J connectivity index is 1.37.